The molecule has 19 heavy (non-hydrogen) atoms. The average molecular weight is 387 g/mol. The molecule has 0 aliphatic heterocycles. The fourth-order valence-corrected chi connectivity index (χ4v) is 2.74. The summed E-state index contributed by atoms with van der Waals surface area (Å²) in [6, 6.07) is 7.52. The van der Waals surface area contributed by atoms with Crippen LogP contribution in [0.3, 0.4) is 0 Å². The van der Waals surface area contributed by atoms with Crippen molar-refractivity contribution in [3.8, 4) is 0 Å². The fraction of sp³-hybridized carbons (Fsp3) is 0.286. The van der Waals surface area contributed by atoms with E-state index >= 15 is 0 Å². The van der Waals surface area contributed by atoms with E-state index in [1.807, 2.05) is 36.7 Å². The highest BCUT2D eigenvalue weighted by molar-refractivity contribution is 14.1. The minimum Gasteiger partial charge on any atom is -0.373 e. The van der Waals surface area contributed by atoms with Crippen LogP contribution in [0.1, 0.15) is 20.9 Å². The first-order valence-electron chi connectivity index (χ1n) is 5.92. The number of nitrogens with zero attached hydrogens (tertiary/aromatic N) is 1. The number of rotatable bonds is 6. The molecule has 0 saturated carbocycles. The van der Waals surface area contributed by atoms with E-state index in [1.54, 1.807) is 11.3 Å². The number of thiazole rings is 1. The van der Waals surface area contributed by atoms with E-state index in [4.69, 9.17) is 4.74 Å². The van der Waals surface area contributed by atoms with E-state index in [9.17, 15) is 4.79 Å². The lowest BCUT2D eigenvalue weighted by Gasteiger charge is -2.03. The van der Waals surface area contributed by atoms with Crippen LogP contribution in [0.15, 0.2) is 29.8 Å². The molecule has 0 N–H and O–H groups in total. The number of carbonyl (C=O) groups is 1. The zero-order valence-corrected chi connectivity index (χ0v) is 13.5. The topological polar surface area (TPSA) is 39.2 Å². The van der Waals surface area contributed by atoms with Gasteiger partial charge in [-0.25, -0.2) is 4.98 Å². The van der Waals surface area contributed by atoms with Crippen molar-refractivity contribution in [2.75, 3.05) is 13.2 Å². The molecule has 5 heteroatoms. The maximum atomic E-state index is 11.8. The lowest BCUT2D eigenvalue weighted by atomic mass is 10.1. The molecule has 100 valence electrons. The van der Waals surface area contributed by atoms with Crippen molar-refractivity contribution < 1.29 is 9.53 Å². The van der Waals surface area contributed by atoms with Crippen LogP contribution in [0.2, 0.25) is 0 Å². The summed E-state index contributed by atoms with van der Waals surface area (Å²) in [6.07, 6.45) is 0.816. The van der Waals surface area contributed by atoms with Gasteiger partial charge in [-0.3, -0.25) is 4.79 Å². The number of ketones is 1. The first-order valence-corrected chi connectivity index (χ1v) is 7.88. The number of Topliss-reactive ketones (excluding diaryl/α,β-unsaturated/α-hetero) is 1. The second-order valence-electron chi connectivity index (χ2n) is 4.09. The third-order valence-corrected chi connectivity index (χ3v) is 4.43. The highest BCUT2D eigenvalue weighted by Crippen LogP contribution is 2.12. The summed E-state index contributed by atoms with van der Waals surface area (Å²) < 4.78 is 6.56. The van der Waals surface area contributed by atoms with E-state index in [0.717, 1.165) is 15.7 Å². The molecule has 2 aromatic rings. The Morgan fingerprint density at radius 1 is 1.37 bits per heavy atom. The van der Waals surface area contributed by atoms with Gasteiger partial charge in [0.25, 0.3) is 0 Å². The van der Waals surface area contributed by atoms with Crippen LogP contribution in [0.4, 0.5) is 0 Å². The van der Waals surface area contributed by atoms with Crippen molar-refractivity contribution in [1.29, 1.82) is 0 Å². The number of carbonyl (C=O) groups excluding carboxylic acids is 1. The van der Waals surface area contributed by atoms with E-state index < -0.39 is 0 Å². The van der Waals surface area contributed by atoms with Crippen LogP contribution in [-0.4, -0.2) is 24.0 Å². The number of aromatic nitrogens is 1. The third-order valence-electron chi connectivity index (χ3n) is 2.72. The fourth-order valence-electron chi connectivity index (χ4n) is 1.61. The Balaban J connectivity index is 1.75. The number of hydrogen-bond acceptors (Lipinski definition) is 4. The minimum absolute atomic E-state index is 0.0254. The largest absolute Gasteiger partial charge is 0.373 e. The number of hydrogen-bond donors (Lipinski definition) is 0. The molecule has 0 fully saturated rings. The SMILES string of the molecule is Cc1ncsc1CCOCC(=O)c1ccc(I)cc1. The van der Waals surface area contributed by atoms with Crippen molar-refractivity contribution in [3.05, 3.63) is 49.5 Å². The van der Waals surface area contributed by atoms with Crippen LogP contribution in [0, 0.1) is 10.5 Å². The molecule has 1 aromatic heterocycles. The Morgan fingerprint density at radius 3 is 2.74 bits per heavy atom. The predicted octanol–water partition coefficient (Wildman–Crippen LogP) is 3.50. The van der Waals surface area contributed by atoms with Gasteiger partial charge in [-0.05, 0) is 41.6 Å². The van der Waals surface area contributed by atoms with Gasteiger partial charge in [-0.15, -0.1) is 11.3 Å². The second kappa shape index (κ2) is 7.12. The van der Waals surface area contributed by atoms with Gasteiger partial charge in [-0.1, -0.05) is 12.1 Å². The molecule has 1 heterocycles. The van der Waals surface area contributed by atoms with Crippen molar-refractivity contribution in [1.82, 2.24) is 4.98 Å². The molecule has 0 radical (unpaired) electrons. The predicted molar refractivity (Wildman–Crippen MR) is 84.9 cm³/mol. The number of halogens is 1. The first kappa shape index (κ1) is 14.6. The standard InChI is InChI=1S/C14H14INO2S/c1-10-14(19-9-16-10)6-7-18-8-13(17)11-2-4-12(15)5-3-11/h2-5,9H,6-8H2,1H3. The molecule has 3 nitrogen and oxygen atoms in total. The van der Waals surface area contributed by atoms with E-state index in [-0.39, 0.29) is 12.4 Å². The maximum absolute atomic E-state index is 11.8. The van der Waals surface area contributed by atoms with Crippen LogP contribution < -0.4 is 0 Å². The van der Waals surface area contributed by atoms with E-state index in [2.05, 4.69) is 27.6 Å². The van der Waals surface area contributed by atoms with Gasteiger partial charge >= 0.3 is 0 Å². The quantitative estimate of drug-likeness (QED) is 0.433. The first-order chi connectivity index (χ1) is 9.16. The smallest absolute Gasteiger partial charge is 0.188 e. The second-order valence-corrected chi connectivity index (χ2v) is 6.28. The summed E-state index contributed by atoms with van der Waals surface area (Å²) in [5.41, 5.74) is 3.59. The van der Waals surface area contributed by atoms with Crippen LogP contribution >= 0.6 is 33.9 Å². The normalized spacial score (nSPS) is 10.6. The van der Waals surface area contributed by atoms with Crippen LogP contribution in [0.25, 0.3) is 0 Å². The number of ether oxygens (including phenoxy) is 1. The monoisotopic (exact) mass is 387 g/mol. The highest BCUT2D eigenvalue weighted by atomic mass is 127. The Hall–Kier alpha value is -0.790. The number of aryl methyl sites for hydroxylation is 1. The van der Waals surface area contributed by atoms with E-state index in [1.165, 1.54) is 4.88 Å². The van der Waals surface area contributed by atoms with Crippen LogP contribution in [0.5, 0.6) is 0 Å². The van der Waals surface area contributed by atoms with Gasteiger partial charge in [0.15, 0.2) is 5.78 Å². The molecule has 2 rings (SSSR count). The summed E-state index contributed by atoms with van der Waals surface area (Å²) in [7, 11) is 0. The highest BCUT2D eigenvalue weighted by Gasteiger charge is 2.06. The molecule has 1 aromatic carbocycles. The molecular weight excluding hydrogens is 373 g/mol. The summed E-state index contributed by atoms with van der Waals surface area (Å²) in [5.74, 6) is 0.0254. The lowest BCUT2D eigenvalue weighted by molar-refractivity contribution is 0.0766. The van der Waals surface area contributed by atoms with Gasteiger partial charge in [0.1, 0.15) is 6.61 Å². The molecule has 0 spiro atoms. The Bertz CT molecular complexity index is 551. The average Bonchev–Trinajstić information content (AvgIpc) is 2.81. The van der Waals surface area contributed by atoms with Gasteiger partial charge in [0.2, 0.25) is 0 Å². The maximum Gasteiger partial charge on any atom is 0.188 e. The van der Waals surface area contributed by atoms with Gasteiger partial charge in [-0.2, -0.15) is 0 Å². The summed E-state index contributed by atoms with van der Waals surface area (Å²) >= 11 is 3.85. The summed E-state index contributed by atoms with van der Waals surface area (Å²) in [4.78, 5) is 17.3. The van der Waals surface area contributed by atoms with Crippen molar-refractivity contribution >= 4 is 39.7 Å². The summed E-state index contributed by atoms with van der Waals surface area (Å²) in [5, 5.41) is 0. The lowest BCUT2D eigenvalue weighted by Crippen LogP contribution is -2.10. The van der Waals surface area contributed by atoms with Gasteiger partial charge < -0.3 is 4.74 Å². The molecule has 0 saturated heterocycles. The Kier molecular flexibility index (Phi) is 5.47. The van der Waals surface area contributed by atoms with Crippen molar-refractivity contribution in [3.63, 3.8) is 0 Å². The zero-order chi connectivity index (χ0) is 13.7. The molecule has 0 aliphatic carbocycles. The van der Waals surface area contributed by atoms with Crippen LogP contribution in [-0.2, 0) is 11.2 Å². The molecule has 0 aliphatic rings. The number of benzene rings is 1. The Labute approximate surface area is 130 Å². The Morgan fingerprint density at radius 2 is 2.11 bits per heavy atom. The zero-order valence-electron chi connectivity index (χ0n) is 10.6. The molecule has 0 unspecified atom stereocenters. The van der Waals surface area contributed by atoms with E-state index in [0.29, 0.717) is 12.2 Å². The van der Waals surface area contributed by atoms with Gasteiger partial charge in [0.05, 0.1) is 17.8 Å². The molecule has 0 bridgehead atoms. The van der Waals surface area contributed by atoms with Crippen molar-refractivity contribution in [2.45, 2.75) is 13.3 Å². The third kappa shape index (κ3) is 4.36. The minimum atomic E-state index is 0.0254. The van der Waals surface area contributed by atoms with Gasteiger partial charge in [0, 0.05) is 20.4 Å². The molecule has 0 amide bonds. The molecular formula is C14H14INO2S. The summed E-state index contributed by atoms with van der Waals surface area (Å²) in [6.45, 7) is 2.68. The van der Waals surface area contributed by atoms with Crippen molar-refractivity contribution in [2.24, 2.45) is 0 Å². The molecule has 0 atom stereocenters.